The fraction of sp³-hybridized carbons (Fsp3) is 0.391. The summed E-state index contributed by atoms with van der Waals surface area (Å²) in [7, 11) is 1.59. The van der Waals surface area contributed by atoms with Crippen LogP contribution in [0.4, 0.5) is 0 Å². The molecule has 0 unspecified atom stereocenters. The largest absolute Gasteiger partial charge is 0.497 e. The molecule has 0 radical (unpaired) electrons. The molecule has 0 spiro atoms. The van der Waals surface area contributed by atoms with Crippen LogP contribution >= 0.6 is 23.1 Å². The number of nitrogens with one attached hydrogen (secondary N) is 1. The van der Waals surface area contributed by atoms with Crippen molar-refractivity contribution in [3.05, 3.63) is 45.1 Å². The summed E-state index contributed by atoms with van der Waals surface area (Å²) in [6, 6.07) is 9.31. The number of carbonyl (C=O) groups is 1. The van der Waals surface area contributed by atoms with Crippen LogP contribution in [0.15, 0.2) is 34.2 Å². The van der Waals surface area contributed by atoms with Gasteiger partial charge >= 0.3 is 0 Å². The Balaban J connectivity index is 1.79. The quantitative estimate of drug-likeness (QED) is 0.245. The number of thioether (sulfide) groups is 1. The number of ether oxygens (including phenoxy) is 1. The van der Waals surface area contributed by atoms with Crippen LogP contribution in [0.1, 0.15) is 36.1 Å². The molecule has 1 N–H and O–H groups in total. The molecule has 1 aliphatic carbocycles. The number of carbonyl (C=O) groups excluding carboxylic acids is 1. The van der Waals surface area contributed by atoms with E-state index in [4.69, 9.17) is 15.0 Å². The fourth-order valence-electron chi connectivity index (χ4n) is 3.88. The Bertz CT molecular complexity index is 1240. The number of benzene rings is 1. The lowest BCUT2D eigenvalue weighted by Gasteiger charge is -2.13. The van der Waals surface area contributed by atoms with Gasteiger partial charge in [-0.2, -0.15) is 5.26 Å². The summed E-state index contributed by atoms with van der Waals surface area (Å²) in [6.45, 7) is 0.308. The minimum Gasteiger partial charge on any atom is -0.497 e. The SMILES string of the molecule is COc1cccc(-n2c(SCC(=O)NCCC#N)nc3sc4c(c3c2=O)CCCCC4)c1. The molecule has 0 fully saturated rings. The van der Waals surface area contributed by atoms with Crippen LogP contribution in [0, 0.1) is 11.3 Å². The number of aromatic nitrogens is 2. The molecular formula is C23H24N4O3S2. The number of aryl methyl sites for hydroxylation is 2. The Labute approximate surface area is 194 Å². The van der Waals surface area contributed by atoms with Gasteiger partial charge in [-0.3, -0.25) is 14.2 Å². The van der Waals surface area contributed by atoms with Crippen molar-refractivity contribution in [1.29, 1.82) is 5.26 Å². The molecule has 0 bridgehead atoms. The lowest BCUT2D eigenvalue weighted by atomic mass is 10.1. The number of fused-ring (bicyclic) bond motifs is 3. The smallest absolute Gasteiger partial charge is 0.267 e. The lowest BCUT2D eigenvalue weighted by Crippen LogP contribution is -2.27. The first-order valence-electron chi connectivity index (χ1n) is 10.6. The summed E-state index contributed by atoms with van der Waals surface area (Å²) in [4.78, 5) is 32.8. The van der Waals surface area contributed by atoms with Gasteiger partial charge in [-0.15, -0.1) is 11.3 Å². The van der Waals surface area contributed by atoms with Crippen LogP contribution < -0.4 is 15.6 Å². The van der Waals surface area contributed by atoms with Crippen molar-refractivity contribution in [2.45, 2.75) is 43.7 Å². The third-order valence-corrected chi connectivity index (χ3v) is 7.54. The summed E-state index contributed by atoms with van der Waals surface area (Å²) in [5, 5.41) is 12.5. The van der Waals surface area contributed by atoms with Crippen LogP contribution in [0.5, 0.6) is 5.75 Å². The van der Waals surface area contributed by atoms with E-state index in [1.54, 1.807) is 29.1 Å². The summed E-state index contributed by atoms with van der Waals surface area (Å²) in [5.74, 6) is 0.556. The summed E-state index contributed by atoms with van der Waals surface area (Å²) in [6.07, 6.45) is 5.53. The van der Waals surface area contributed by atoms with Crippen molar-refractivity contribution in [3.8, 4) is 17.5 Å². The second-order valence-corrected chi connectivity index (χ2v) is 9.55. The summed E-state index contributed by atoms with van der Waals surface area (Å²) >= 11 is 2.83. The van der Waals surface area contributed by atoms with E-state index in [1.807, 2.05) is 24.3 Å². The highest BCUT2D eigenvalue weighted by Crippen LogP contribution is 2.34. The maximum atomic E-state index is 13.8. The number of nitriles is 1. The van der Waals surface area contributed by atoms with Crippen LogP contribution in [0.3, 0.4) is 0 Å². The molecule has 0 saturated carbocycles. The Kier molecular flexibility index (Phi) is 7.12. The van der Waals surface area contributed by atoms with Gasteiger partial charge in [-0.25, -0.2) is 4.98 Å². The van der Waals surface area contributed by atoms with Gasteiger partial charge in [0.1, 0.15) is 10.6 Å². The van der Waals surface area contributed by atoms with E-state index in [-0.39, 0.29) is 23.6 Å². The topological polar surface area (TPSA) is 97.0 Å². The minimum absolute atomic E-state index is 0.102. The number of hydrogen-bond donors (Lipinski definition) is 1. The van der Waals surface area contributed by atoms with Gasteiger partial charge in [0.15, 0.2) is 5.16 Å². The van der Waals surface area contributed by atoms with Crippen LogP contribution in [0.25, 0.3) is 15.9 Å². The first-order valence-corrected chi connectivity index (χ1v) is 12.4. The molecule has 0 saturated heterocycles. The predicted octanol–water partition coefficient (Wildman–Crippen LogP) is 3.85. The first-order chi connectivity index (χ1) is 15.6. The molecule has 1 aromatic carbocycles. The highest BCUT2D eigenvalue weighted by Gasteiger charge is 2.22. The van der Waals surface area contributed by atoms with Gasteiger partial charge < -0.3 is 10.1 Å². The Morgan fingerprint density at radius 2 is 2.19 bits per heavy atom. The minimum atomic E-state index is -0.196. The normalized spacial score (nSPS) is 13.2. The summed E-state index contributed by atoms with van der Waals surface area (Å²) in [5.41, 5.74) is 1.70. The molecule has 1 amide bonds. The van der Waals surface area contributed by atoms with Crippen LogP contribution in [-0.4, -0.2) is 34.9 Å². The average molecular weight is 469 g/mol. The molecule has 32 heavy (non-hydrogen) atoms. The third kappa shape index (κ3) is 4.66. The molecule has 2 aromatic heterocycles. The Morgan fingerprint density at radius 1 is 1.34 bits per heavy atom. The second kappa shape index (κ2) is 10.2. The van der Waals surface area contributed by atoms with Crippen molar-refractivity contribution < 1.29 is 9.53 Å². The number of methoxy groups -OCH3 is 1. The zero-order valence-corrected chi connectivity index (χ0v) is 19.5. The molecule has 4 rings (SSSR count). The van der Waals surface area contributed by atoms with Gasteiger partial charge in [0.05, 0.1) is 36.4 Å². The number of hydrogen-bond acceptors (Lipinski definition) is 7. The molecule has 0 atom stereocenters. The van der Waals surface area contributed by atoms with Crippen LogP contribution in [-0.2, 0) is 17.6 Å². The molecule has 166 valence electrons. The van der Waals surface area contributed by atoms with E-state index in [2.05, 4.69) is 5.32 Å². The number of thiophene rings is 1. The Hall–Kier alpha value is -2.83. The van der Waals surface area contributed by atoms with Crippen molar-refractivity contribution in [3.63, 3.8) is 0 Å². The highest BCUT2D eigenvalue weighted by molar-refractivity contribution is 7.99. The van der Waals surface area contributed by atoms with E-state index >= 15 is 0 Å². The highest BCUT2D eigenvalue weighted by atomic mass is 32.2. The van der Waals surface area contributed by atoms with E-state index < -0.39 is 0 Å². The molecule has 1 aliphatic rings. The van der Waals surface area contributed by atoms with E-state index in [0.717, 1.165) is 36.1 Å². The van der Waals surface area contributed by atoms with Crippen LogP contribution in [0.2, 0.25) is 0 Å². The monoisotopic (exact) mass is 468 g/mol. The van der Waals surface area contributed by atoms with Crippen molar-refractivity contribution in [2.75, 3.05) is 19.4 Å². The van der Waals surface area contributed by atoms with Crippen molar-refractivity contribution in [1.82, 2.24) is 14.9 Å². The maximum absolute atomic E-state index is 13.8. The molecule has 2 heterocycles. The molecule has 3 aromatic rings. The molecule has 7 nitrogen and oxygen atoms in total. The Morgan fingerprint density at radius 3 is 3.00 bits per heavy atom. The van der Waals surface area contributed by atoms with E-state index in [1.165, 1.54) is 23.1 Å². The number of amides is 1. The van der Waals surface area contributed by atoms with Gasteiger partial charge in [0.25, 0.3) is 5.56 Å². The van der Waals surface area contributed by atoms with E-state index in [9.17, 15) is 9.59 Å². The predicted molar refractivity (Wildman–Crippen MR) is 127 cm³/mol. The lowest BCUT2D eigenvalue weighted by molar-refractivity contribution is -0.118. The third-order valence-electron chi connectivity index (χ3n) is 5.41. The second-order valence-electron chi connectivity index (χ2n) is 7.53. The zero-order chi connectivity index (χ0) is 22.5. The standard InChI is InChI=1S/C23H24N4O3S2/c1-30-16-8-5-7-15(13-16)27-22(29)20-17-9-3-2-4-10-18(17)32-21(20)26-23(27)31-14-19(28)25-12-6-11-24/h5,7-8,13H,2-4,6,9-10,12,14H2,1H3,(H,25,28). The van der Waals surface area contributed by atoms with Gasteiger partial charge in [-0.1, -0.05) is 24.2 Å². The fourth-order valence-corrected chi connectivity index (χ4v) is 6.02. The average Bonchev–Trinajstić information content (AvgIpc) is 2.99. The number of rotatable bonds is 7. The molecule has 0 aliphatic heterocycles. The maximum Gasteiger partial charge on any atom is 0.267 e. The van der Waals surface area contributed by atoms with Gasteiger partial charge in [0.2, 0.25) is 5.91 Å². The first kappa shape index (κ1) is 22.4. The van der Waals surface area contributed by atoms with Gasteiger partial charge in [-0.05, 0) is 43.4 Å². The zero-order valence-electron chi connectivity index (χ0n) is 17.8. The number of nitrogens with zero attached hydrogens (tertiary/aromatic N) is 3. The molecular weight excluding hydrogens is 444 g/mol. The van der Waals surface area contributed by atoms with Crippen molar-refractivity contribution in [2.24, 2.45) is 0 Å². The molecule has 9 heteroatoms. The van der Waals surface area contributed by atoms with E-state index in [0.29, 0.717) is 28.5 Å². The van der Waals surface area contributed by atoms with Crippen molar-refractivity contribution >= 4 is 39.2 Å². The summed E-state index contributed by atoms with van der Waals surface area (Å²) < 4.78 is 6.95. The van der Waals surface area contributed by atoms with Gasteiger partial charge in [0, 0.05) is 17.5 Å².